The summed E-state index contributed by atoms with van der Waals surface area (Å²) in [4.78, 5) is 20.1. The van der Waals surface area contributed by atoms with Gasteiger partial charge in [0.05, 0.1) is 0 Å². The predicted molar refractivity (Wildman–Crippen MR) is 76.6 cm³/mol. The molecule has 6 heteroatoms. The van der Waals surface area contributed by atoms with Crippen LogP contribution in [0.3, 0.4) is 0 Å². The van der Waals surface area contributed by atoms with Crippen molar-refractivity contribution < 1.29 is 29.6 Å². The largest absolute Gasteiger partial charge is 0.507 e. The quantitative estimate of drug-likeness (QED) is 0.751. The minimum absolute atomic E-state index is 0. The van der Waals surface area contributed by atoms with E-state index < -0.39 is 5.97 Å². The van der Waals surface area contributed by atoms with Gasteiger partial charge < -0.3 is 20.1 Å². The van der Waals surface area contributed by atoms with Gasteiger partial charge in [0.15, 0.2) is 11.5 Å². The Balaban J connectivity index is 0.000000364. The van der Waals surface area contributed by atoms with Crippen LogP contribution in [0.2, 0.25) is 0 Å². The first-order chi connectivity index (χ1) is 9.56. The van der Waals surface area contributed by atoms with Gasteiger partial charge >= 0.3 is 5.97 Å². The van der Waals surface area contributed by atoms with Crippen LogP contribution in [0.5, 0.6) is 17.2 Å². The number of hydrogen-bond donors (Lipinski definition) is 3. The lowest BCUT2D eigenvalue weighted by Crippen LogP contribution is -1.95. The second-order valence-corrected chi connectivity index (χ2v) is 3.50. The standard InChI is InChI=1S/2C7H6O3.CH4/c8-5-10-7-4-2-1-3-6(7)9;8-6-4-2-1-3-5(6)7(9)10;/h1-5,9H;1-4,8H,(H,9,10);1H4. The fourth-order valence-electron chi connectivity index (χ4n) is 1.26. The zero-order valence-electron chi connectivity index (χ0n) is 10.3. The number of benzene rings is 2. The van der Waals surface area contributed by atoms with E-state index in [4.69, 9.17) is 15.3 Å². The minimum atomic E-state index is -1.11. The van der Waals surface area contributed by atoms with Gasteiger partial charge in [-0.15, -0.1) is 0 Å². The van der Waals surface area contributed by atoms with E-state index in [-0.39, 0.29) is 36.7 Å². The molecule has 0 amide bonds. The number of para-hydroxylation sites is 3. The molecular formula is C15H16O6. The highest BCUT2D eigenvalue weighted by Crippen LogP contribution is 2.23. The van der Waals surface area contributed by atoms with Crippen molar-refractivity contribution in [3.63, 3.8) is 0 Å². The maximum Gasteiger partial charge on any atom is 0.339 e. The monoisotopic (exact) mass is 292 g/mol. The topological polar surface area (TPSA) is 104 Å². The van der Waals surface area contributed by atoms with Crippen molar-refractivity contribution in [2.45, 2.75) is 7.43 Å². The van der Waals surface area contributed by atoms with Crippen LogP contribution in [-0.4, -0.2) is 27.8 Å². The second-order valence-electron chi connectivity index (χ2n) is 3.50. The van der Waals surface area contributed by atoms with Crippen LogP contribution in [0.15, 0.2) is 48.5 Å². The highest BCUT2D eigenvalue weighted by atomic mass is 16.5. The summed E-state index contributed by atoms with van der Waals surface area (Å²) in [7, 11) is 0. The van der Waals surface area contributed by atoms with Crippen molar-refractivity contribution in [3.05, 3.63) is 54.1 Å². The van der Waals surface area contributed by atoms with Gasteiger partial charge in [-0.2, -0.15) is 0 Å². The van der Waals surface area contributed by atoms with Gasteiger partial charge in [0.2, 0.25) is 0 Å². The van der Waals surface area contributed by atoms with Crippen LogP contribution >= 0.6 is 0 Å². The van der Waals surface area contributed by atoms with E-state index in [1.165, 1.54) is 24.3 Å². The number of carboxylic acids is 1. The molecule has 2 rings (SSSR count). The molecule has 2 aromatic rings. The first-order valence-corrected chi connectivity index (χ1v) is 5.46. The number of hydrogen-bond acceptors (Lipinski definition) is 5. The van der Waals surface area contributed by atoms with Gasteiger partial charge in [-0.3, -0.25) is 4.79 Å². The number of phenolic OH excluding ortho intramolecular Hbond substituents is 1. The molecule has 0 heterocycles. The van der Waals surface area contributed by atoms with Gasteiger partial charge in [0, 0.05) is 0 Å². The maximum absolute atomic E-state index is 10.3. The molecule has 0 spiro atoms. The van der Waals surface area contributed by atoms with E-state index in [0.29, 0.717) is 0 Å². The Morgan fingerprint density at radius 1 is 0.952 bits per heavy atom. The van der Waals surface area contributed by atoms with Crippen molar-refractivity contribution in [1.82, 2.24) is 0 Å². The first kappa shape index (κ1) is 18.0. The van der Waals surface area contributed by atoms with Crippen LogP contribution < -0.4 is 4.74 Å². The molecule has 0 aliphatic rings. The fraction of sp³-hybridized carbons (Fsp3) is 0.0667. The van der Waals surface area contributed by atoms with Crippen molar-refractivity contribution in [3.8, 4) is 17.2 Å². The first-order valence-electron chi connectivity index (χ1n) is 5.46. The van der Waals surface area contributed by atoms with Crippen LogP contribution in [0, 0.1) is 0 Å². The summed E-state index contributed by atoms with van der Waals surface area (Å²) < 4.78 is 4.41. The molecule has 21 heavy (non-hydrogen) atoms. The van der Waals surface area contributed by atoms with Crippen LogP contribution in [0.4, 0.5) is 0 Å². The molecule has 0 aromatic heterocycles. The normalized spacial score (nSPS) is 8.57. The SMILES string of the molecule is C.O=C(O)c1ccccc1O.O=COc1ccccc1O. The number of carbonyl (C=O) groups is 2. The molecule has 3 N–H and O–H groups in total. The van der Waals surface area contributed by atoms with E-state index in [2.05, 4.69) is 4.74 Å². The van der Waals surface area contributed by atoms with Gasteiger partial charge in [-0.1, -0.05) is 31.7 Å². The average molecular weight is 292 g/mol. The summed E-state index contributed by atoms with van der Waals surface area (Å²) in [6.45, 7) is 0.273. The minimum Gasteiger partial charge on any atom is -0.507 e. The number of carbonyl (C=O) groups excluding carboxylic acids is 1. The number of ether oxygens (including phenoxy) is 1. The van der Waals surface area contributed by atoms with Gasteiger partial charge in [-0.25, -0.2) is 4.79 Å². The molecule has 0 saturated carbocycles. The molecule has 0 unspecified atom stereocenters. The smallest absolute Gasteiger partial charge is 0.339 e. The summed E-state index contributed by atoms with van der Waals surface area (Å²) in [5.74, 6) is -1.17. The maximum atomic E-state index is 10.3. The van der Waals surface area contributed by atoms with Crippen molar-refractivity contribution in [2.24, 2.45) is 0 Å². The highest BCUT2D eigenvalue weighted by Gasteiger charge is 2.05. The Kier molecular flexibility index (Phi) is 7.68. The number of carboxylic acid groups (broad SMARTS) is 1. The van der Waals surface area contributed by atoms with E-state index >= 15 is 0 Å². The Morgan fingerprint density at radius 2 is 1.48 bits per heavy atom. The van der Waals surface area contributed by atoms with Gasteiger partial charge in [-0.05, 0) is 24.3 Å². The molecule has 0 saturated heterocycles. The third-order valence-electron chi connectivity index (χ3n) is 2.17. The lowest BCUT2D eigenvalue weighted by Gasteiger charge is -1.97. The summed E-state index contributed by atoms with van der Waals surface area (Å²) >= 11 is 0. The zero-order chi connectivity index (χ0) is 15.0. The summed E-state index contributed by atoms with van der Waals surface area (Å²) in [5, 5.41) is 26.3. The second kappa shape index (κ2) is 8.98. The lowest BCUT2D eigenvalue weighted by molar-refractivity contribution is -0.120. The summed E-state index contributed by atoms with van der Waals surface area (Å²) in [6.07, 6.45) is 0. The molecule has 0 atom stereocenters. The van der Waals surface area contributed by atoms with Gasteiger partial charge in [0.1, 0.15) is 11.3 Å². The Labute approximate surface area is 121 Å². The van der Waals surface area contributed by atoms with E-state index in [1.807, 2.05) is 0 Å². The molecule has 0 aliphatic heterocycles. The molecular weight excluding hydrogens is 276 g/mol. The van der Waals surface area contributed by atoms with Gasteiger partial charge in [0.25, 0.3) is 6.47 Å². The fourth-order valence-corrected chi connectivity index (χ4v) is 1.26. The zero-order valence-corrected chi connectivity index (χ0v) is 10.3. The number of aromatic hydroxyl groups is 2. The van der Waals surface area contributed by atoms with Crippen molar-refractivity contribution in [2.75, 3.05) is 0 Å². The van der Waals surface area contributed by atoms with Crippen molar-refractivity contribution >= 4 is 12.4 Å². The molecule has 0 fully saturated rings. The third-order valence-corrected chi connectivity index (χ3v) is 2.17. The van der Waals surface area contributed by atoms with Crippen LogP contribution in [0.1, 0.15) is 17.8 Å². The van der Waals surface area contributed by atoms with E-state index in [9.17, 15) is 9.59 Å². The van der Waals surface area contributed by atoms with E-state index in [1.54, 1.807) is 24.3 Å². The average Bonchev–Trinajstić information content (AvgIpc) is 2.42. The Morgan fingerprint density at radius 3 is 1.90 bits per heavy atom. The number of rotatable bonds is 3. The third kappa shape index (κ3) is 5.65. The van der Waals surface area contributed by atoms with Crippen LogP contribution in [0.25, 0.3) is 0 Å². The summed E-state index contributed by atoms with van der Waals surface area (Å²) in [6, 6.07) is 12.1. The summed E-state index contributed by atoms with van der Waals surface area (Å²) in [5.41, 5.74) is -0.0671. The van der Waals surface area contributed by atoms with Crippen molar-refractivity contribution in [1.29, 1.82) is 0 Å². The molecule has 112 valence electrons. The number of phenols is 2. The highest BCUT2D eigenvalue weighted by molar-refractivity contribution is 5.90. The van der Waals surface area contributed by atoms with E-state index in [0.717, 1.165) is 0 Å². The molecule has 0 aliphatic carbocycles. The Hall–Kier alpha value is -3.02. The molecule has 6 nitrogen and oxygen atoms in total. The molecule has 0 bridgehead atoms. The van der Waals surface area contributed by atoms with Crippen LogP contribution in [-0.2, 0) is 4.79 Å². The Bertz CT molecular complexity index is 594. The molecule has 2 aromatic carbocycles. The predicted octanol–water partition coefficient (Wildman–Crippen LogP) is 2.65. The lowest BCUT2D eigenvalue weighted by atomic mass is 10.2. The number of aromatic carboxylic acids is 1. The molecule has 0 radical (unpaired) electrons.